The summed E-state index contributed by atoms with van der Waals surface area (Å²) in [6.45, 7) is 11.6. The molecule has 6 heteroatoms. The van der Waals surface area contributed by atoms with E-state index in [1.165, 1.54) is 11.1 Å². The molecule has 0 saturated carbocycles. The second-order valence-electron chi connectivity index (χ2n) is 6.81. The molecular weight excluding hydrogens is 415 g/mol. The molecule has 0 spiro atoms. The van der Waals surface area contributed by atoms with Gasteiger partial charge in [-0.2, -0.15) is 0 Å². The van der Waals surface area contributed by atoms with Crippen LogP contribution in [0.2, 0.25) is 0 Å². The van der Waals surface area contributed by atoms with E-state index in [1.807, 2.05) is 39.6 Å². The fourth-order valence-corrected chi connectivity index (χ4v) is 2.12. The van der Waals surface area contributed by atoms with Crippen LogP contribution in [0.1, 0.15) is 38.8 Å². The van der Waals surface area contributed by atoms with Crippen LogP contribution in [0.3, 0.4) is 0 Å². The number of aliphatic imine (C=N–C) groups is 1. The second-order valence-corrected chi connectivity index (χ2v) is 6.81. The van der Waals surface area contributed by atoms with Crippen LogP contribution in [0.4, 0.5) is 0 Å². The van der Waals surface area contributed by atoms with Crippen molar-refractivity contribution >= 4 is 35.8 Å². The van der Waals surface area contributed by atoms with Crippen LogP contribution in [0.25, 0.3) is 0 Å². The molecule has 1 amide bonds. The van der Waals surface area contributed by atoms with Gasteiger partial charge in [-0.1, -0.05) is 29.8 Å². The summed E-state index contributed by atoms with van der Waals surface area (Å²) < 4.78 is 0. The summed E-state index contributed by atoms with van der Waals surface area (Å²) in [4.78, 5) is 18.4. The highest BCUT2D eigenvalue weighted by atomic mass is 127. The molecule has 0 fully saturated rings. The third kappa shape index (κ3) is 9.10. The van der Waals surface area contributed by atoms with Crippen molar-refractivity contribution in [2.45, 2.75) is 46.7 Å². The van der Waals surface area contributed by atoms with Crippen molar-refractivity contribution in [3.8, 4) is 0 Å². The van der Waals surface area contributed by atoms with Crippen molar-refractivity contribution in [2.75, 3.05) is 20.1 Å². The van der Waals surface area contributed by atoms with Gasteiger partial charge in [-0.05, 0) is 40.2 Å². The average molecular weight is 446 g/mol. The summed E-state index contributed by atoms with van der Waals surface area (Å²) in [6, 6.07) is 8.43. The standard InChI is InChI=1S/C18H30N4O.HI/c1-7-19-17(20-12-16(23)21-18(3,4)5)22(6)13-15-10-8-14(2)9-11-15;/h8-11H,7,12-13H2,1-6H3,(H,19,20)(H,21,23);1H. The molecule has 2 N–H and O–H groups in total. The van der Waals surface area contributed by atoms with Crippen LogP contribution in [0, 0.1) is 6.92 Å². The summed E-state index contributed by atoms with van der Waals surface area (Å²) in [5, 5.41) is 6.15. The third-order valence-corrected chi connectivity index (χ3v) is 3.12. The summed E-state index contributed by atoms with van der Waals surface area (Å²) in [6.07, 6.45) is 0. The van der Waals surface area contributed by atoms with Crippen LogP contribution < -0.4 is 10.6 Å². The molecule has 0 radical (unpaired) electrons. The Balaban J connectivity index is 0.00000529. The van der Waals surface area contributed by atoms with E-state index in [1.54, 1.807) is 0 Å². The number of nitrogens with one attached hydrogen (secondary N) is 2. The maximum absolute atomic E-state index is 11.9. The van der Waals surface area contributed by atoms with Crippen LogP contribution in [-0.4, -0.2) is 42.4 Å². The van der Waals surface area contributed by atoms with Crippen molar-refractivity contribution in [1.82, 2.24) is 15.5 Å². The number of hydrogen-bond acceptors (Lipinski definition) is 2. The Morgan fingerprint density at radius 3 is 2.29 bits per heavy atom. The zero-order chi connectivity index (χ0) is 17.5. The highest BCUT2D eigenvalue weighted by Gasteiger charge is 2.14. The fourth-order valence-electron chi connectivity index (χ4n) is 2.12. The van der Waals surface area contributed by atoms with Crippen molar-refractivity contribution in [2.24, 2.45) is 4.99 Å². The summed E-state index contributed by atoms with van der Waals surface area (Å²) in [5.41, 5.74) is 2.22. The molecule has 0 heterocycles. The molecule has 1 rings (SSSR count). The maximum atomic E-state index is 11.9. The number of carbonyl (C=O) groups excluding carboxylic acids is 1. The molecule has 5 nitrogen and oxygen atoms in total. The van der Waals surface area contributed by atoms with E-state index in [2.05, 4.69) is 46.8 Å². The van der Waals surface area contributed by atoms with Crippen molar-refractivity contribution in [3.63, 3.8) is 0 Å². The average Bonchev–Trinajstić information content (AvgIpc) is 2.44. The minimum Gasteiger partial charge on any atom is -0.357 e. The third-order valence-electron chi connectivity index (χ3n) is 3.12. The zero-order valence-electron chi connectivity index (χ0n) is 15.6. The SMILES string of the molecule is CCNC(=NCC(=O)NC(C)(C)C)N(C)Cc1ccc(C)cc1.I. The Hall–Kier alpha value is -1.31. The van der Waals surface area contributed by atoms with E-state index in [4.69, 9.17) is 0 Å². The van der Waals surface area contributed by atoms with Gasteiger partial charge in [-0.15, -0.1) is 24.0 Å². The Labute approximate surface area is 163 Å². The normalized spacial score (nSPS) is 11.5. The van der Waals surface area contributed by atoms with Gasteiger partial charge in [0, 0.05) is 25.7 Å². The van der Waals surface area contributed by atoms with Crippen LogP contribution >= 0.6 is 24.0 Å². The van der Waals surface area contributed by atoms with Gasteiger partial charge in [0.2, 0.25) is 5.91 Å². The summed E-state index contributed by atoms with van der Waals surface area (Å²) in [7, 11) is 1.98. The molecule has 0 aliphatic rings. The lowest BCUT2D eigenvalue weighted by molar-refractivity contribution is -0.121. The van der Waals surface area contributed by atoms with E-state index in [0.717, 1.165) is 19.0 Å². The number of aryl methyl sites for hydroxylation is 1. The molecule has 0 bridgehead atoms. The zero-order valence-corrected chi connectivity index (χ0v) is 18.0. The van der Waals surface area contributed by atoms with Crippen LogP contribution in [-0.2, 0) is 11.3 Å². The number of guanidine groups is 1. The number of halogens is 1. The molecule has 1 aromatic rings. The Morgan fingerprint density at radius 2 is 1.79 bits per heavy atom. The first kappa shape index (κ1) is 22.7. The first-order valence-electron chi connectivity index (χ1n) is 8.07. The number of nitrogens with zero attached hydrogens (tertiary/aromatic N) is 2. The van der Waals surface area contributed by atoms with Gasteiger partial charge in [0.1, 0.15) is 6.54 Å². The van der Waals surface area contributed by atoms with Gasteiger partial charge < -0.3 is 15.5 Å². The lowest BCUT2D eigenvalue weighted by Crippen LogP contribution is -2.43. The summed E-state index contributed by atoms with van der Waals surface area (Å²) in [5.74, 6) is 0.661. The van der Waals surface area contributed by atoms with Gasteiger partial charge in [-0.25, -0.2) is 4.99 Å². The molecule has 0 aliphatic carbocycles. The van der Waals surface area contributed by atoms with E-state index >= 15 is 0 Å². The van der Waals surface area contributed by atoms with Crippen LogP contribution in [0.5, 0.6) is 0 Å². The molecule has 136 valence electrons. The first-order chi connectivity index (χ1) is 10.7. The molecule has 0 saturated heterocycles. The van der Waals surface area contributed by atoms with E-state index in [0.29, 0.717) is 0 Å². The molecule has 0 unspecified atom stereocenters. The van der Waals surface area contributed by atoms with E-state index in [9.17, 15) is 4.79 Å². The number of hydrogen-bond donors (Lipinski definition) is 2. The highest BCUT2D eigenvalue weighted by Crippen LogP contribution is 2.06. The maximum Gasteiger partial charge on any atom is 0.242 e. The van der Waals surface area contributed by atoms with E-state index in [-0.39, 0.29) is 42.0 Å². The molecule has 0 atom stereocenters. The van der Waals surface area contributed by atoms with Crippen molar-refractivity contribution < 1.29 is 4.79 Å². The summed E-state index contributed by atoms with van der Waals surface area (Å²) >= 11 is 0. The van der Waals surface area contributed by atoms with Gasteiger partial charge in [0.05, 0.1) is 0 Å². The lowest BCUT2D eigenvalue weighted by atomic mass is 10.1. The molecule has 0 aromatic heterocycles. The molecular formula is C18H31IN4O. The largest absolute Gasteiger partial charge is 0.357 e. The van der Waals surface area contributed by atoms with Gasteiger partial charge in [0.15, 0.2) is 5.96 Å². The molecule has 1 aromatic carbocycles. The Kier molecular flexibility index (Phi) is 9.96. The van der Waals surface area contributed by atoms with Gasteiger partial charge in [-0.3, -0.25) is 4.79 Å². The minimum atomic E-state index is -0.237. The van der Waals surface area contributed by atoms with E-state index < -0.39 is 0 Å². The lowest BCUT2D eigenvalue weighted by Gasteiger charge is -2.23. The highest BCUT2D eigenvalue weighted by molar-refractivity contribution is 14.0. The van der Waals surface area contributed by atoms with Crippen molar-refractivity contribution in [1.29, 1.82) is 0 Å². The van der Waals surface area contributed by atoms with Gasteiger partial charge >= 0.3 is 0 Å². The molecule has 24 heavy (non-hydrogen) atoms. The smallest absolute Gasteiger partial charge is 0.242 e. The second kappa shape index (κ2) is 10.5. The predicted molar refractivity (Wildman–Crippen MR) is 112 cm³/mol. The van der Waals surface area contributed by atoms with Crippen LogP contribution in [0.15, 0.2) is 29.3 Å². The number of benzene rings is 1. The Morgan fingerprint density at radius 1 is 1.21 bits per heavy atom. The monoisotopic (exact) mass is 446 g/mol. The first-order valence-corrected chi connectivity index (χ1v) is 8.07. The quantitative estimate of drug-likeness (QED) is 0.416. The topological polar surface area (TPSA) is 56.7 Å². The van der Waals surface area contributed by atoms with Crippen molar-refractivity contribution in [3.05, 3.63) is 35.4 Å². The number of carbonyl (C=O) groups is 1. The fraction of sp³-hybridized carbons (Fsp3) is 0.556. The predicted octanol–water partition coefficient (Wildman–Crippen LogP) is 2.93. The Bertz CT molecular complexity index is 535. The van der Waals surface area contributed by atoms with Gasteiger partial charge in [0.25, 0.3) is 0 Å². The molecule has 0 aliphatic heterocycles. The number of amides is 1. The minimum absolute atomic E-state index is 0. The number of rotatable bonds is 5.